The van der Waals surface area contributed by atoms with Gasteiger partial charge in [-0.25, -0.2) is 0 Å². The minimum absolute atomic E-state index is 0. The van der Waals surface area contributed by atoms with Gasteiger partial charge in [-0.1, -0.05) is 47.1 Å². The third-order valence-corrected chi connectivity index (χ3v) is 6.71. The molecule has 0 aromatic heterocycles. The Hall–Kier alpha value is -1.62. The summed E-state index contributed by atoms with van der Waals surface area (Å²) in [6, 6.07) is 16.5. The Morgan fingerprint density at radius 1 is 1.17 bits per heavy atom. The number of amides is 1. The molecule has 1 atom stereocenters. The Balaban J connectivity index is 0.00000320. The van der Waals surface area contributed by atoms with Crippen LogP contribution in [0.25, 0.3) is 0 Å². The van der Waals surface area contributed by atoms with E-state index in [4.69, 9.17) is 0 Å². The predicted octanol–water partition coefficient (Wildman–Crippen LogP) is 3.21. The predicted molar refractivity (Wildman–Crippen MR) is 125 cm³/mol. The first-order valence-electron chi connectivity index (χ1n) is 10.6. The Morgan fingerprint density at radius 3 is 2.50 bits per heavy atom. The monoisotopic (exact) mass is 490 g/mol. The lowest BCUT2D eigenvalue weighted by molar-refractivity contribution is -0.929. The van der Waals surface area contributed by atoms with Gasteiger partial charge in [0.2, 0.25) is 0 Å². The van der Waals surface area contributed by atoms with Crippen molar-refractivity contribution in [2.75, 3.05) is 25.5 Å². The Morgan fingerprint density at radius 2 is 1.87 bits per heavy atom. The third-order valence-electron chi connectivity index (χ3n) is 6.21. The number of carbonyl (C=O) groups is 1. The molecule has 3 nitrogen and oxygen atoms in total. The van der Waals surface area contributed by atoms with Crippen LogP contribution in [0.3, 0.4) is 0 Å². The van der Waals surface area contributed by atoms with Crippen LogP contribution in [0.15, 0.2) is 65.7 Å². The van der Waals surface area contributed by atoms with Crippen LogP contribution in [0.4, 0.5) is 5.69 Å². The highest BCUT2D eigenvalue weighted by Crippen LogP contribution is 2.27. The van der Waals surface area contributed by atoms with Crippen molar-refractivity contribution in [1.29, 1.82) is 0 Å². The summed E-state index contributed by atoms with van der Waals surface area (Å²) >= 11 is 3.41. The molecule has 1 fully saturated rings. The normalized spacial score (nSPS) is 16.2. The smallest absolute Gasteiger partial charge is 0.255 e. The van der Waals surface area contributed by atoms with E-state index in [9.17, 15) is 4.79 Å². The van der Waals surface area contributed by atoms with Gasteiger partial charge in [-0.3, -0.25) is 4.79 Å². The van der Waals surface area contributed by atoms with Gasteiger partial charge in [0.15, 0.2) is 0 Å². The summed E-state index contributed by atoms with van der Waals surface area (Å²) in [5.41, 5.74) is 2.79. The fourth-order valence-electron chi connectivity index (χ4n) is 4.39. The Kier molecular flexibility index (Phi) is 9.60. The van der Waals surface area contributed by atoms with E-state index < -0.39 is 0 Å². The first kappa shape index (κ1) is 24.6. The summed E-state index contributed by atoms with van der Waals surface area (Å²) in [6.07, 6.45) is 9.91. The highest BCUT2D eigenvalue weighted by Gasteiger charge is 2.32. The van der Waals surface area contributed by atoms with Crippen LogP contribution in [-0.4, -0.2) is 36.6 Å². The van der Waals surface area contributed by atoms with Crippen LogP contribution >= 0.6 is 15.9 Å². The maximum atomic E-state index is 12.4. The molecule has 1 N–H and O–H groups in total. The van der Waals surface area contributed by atoms with Crippen molar-refractivity contribution in [2.24, 2.45) is 0 Å². The van der Waals surface area contributed by atoms with Gasteiger partial charge in [0.1, 0.15) is 0 Å². The number of likely N-dealkylation sites (N-methyl/N-ethyl adjacent to an activating group) is 1. The summed E-state index contributed by atoms with van der Waals surface area (Å²) in [5.74, 6) is -0.0911. The average Bonchev–Trinajstić information content (AvgIpc) is 2.74. The molecule has 5 heteroatoms. The van der Waals surface area contributed by atoms with Gasteiger partial charge in [0.05, 0.1) is 26.2 Å². The molecule has 2 aromatic carbocycles. The lowest BCUT2D eigenvalue weighted by Crippen LogP contribution is -3.00. The Bertz CT molecular complexity index is 833. The summed E-state index contributed by atoms with van der Waals surface area (Å²) in [5, 5.41) is 2.98. The molecule has 2 aromatic rings. The second-order valence-electron chi connectivity index (χ2n) is 8.38. The van der Waals surface area contributed by atoms with Gasteiger partial charge in [-0.05, 0) is 67.7 Å². The zero-order valence-electron chi connectivity index (χ0n) is 17.7. The molecule has 30 heavy (non-hydrogen) atoms. The number of nitrogens with zero attached hydrogens (tertiary/aromatic N) is 1. The second kappa shape index (κ2) is 11.7. The van der Waals surface area contributed by atoms with Gasteiger partial charge < -0.3 is 22.2 Å². The zero-order valence-corrected chi connectivity index (χ0v) is 20.1. The SMILES string of the molecule is C=CC[N+](C)(CCc1ccc(NC(=O)c2cccc(Br)c2)cc1)C1CCCCC1.[Cl-]. The first-order chi connectivity index (χ1) is 14.0. The summed E-state index contributed by atoms with van der Waals surface area (Å²) in [6.45, 7) is 6.16. The topological polar surface area (TPSA) is 29.1 Å². The molecule has 3 rings (SSSR count). The molecule has 162 valence electrons. The number of quaternary nitrogens is 1. The molecule has 1 unspecified atom stereocenters. The average molecular weight is 492 g/mol. The van der Waals surface area contributed by atoms with Gasteiger partial charge in [0.25, 0.3) is 5.91 Å². The number of anilines is 1. The van der Waals surface area contributed by atoms with Crippen molar-refractivity contribution in [3.05, 3.63) is 76.8 Å². The van der Waals surface area contributed by atoms with Crippen molar-refractivity contribution in [1.82, 2.24) is 0 Å². The molecular weight excluding hydrogens is 460 g/mol. The molecule has 0 spiro atoms. The van der Waals surface area contributed by atoms with E-state index in [2.05, 4.69) is 53.1 Å². The highest BCUT2D eigenvalue weighted by atomic mass is 79.9. The van der Waals surface area contributed by atoms with Gasteiger partial charge in [-0.2, -0.15) is 0 Å². The number of nitrogens with one attached hydrogen (secondary N) is 1. The Labute approximate surface area is 195 Å². The summed E-state index contributed by atoms with van der Waals surface area (Å²) < 4.78 is 1.99. The molecule has 1 aliphatic rings. The summed E-state index contributed by atoms with van der Waals surface area (Å²) in [4.78, 5) is 12.4. The lowest BCUT2D eigenvalue weighted by atomic mass is 9.92. The van der Waals surface area contributed by atoms with Crippen LogP contribution in [0, 0.1) is 0 Å². The maximum Gasteiger partial charge on any atom is 0.255 e. The van der Waals surface area contributed by atoms with Crippen molar-refractivity contribution < 1.29 is 21.7 Å². The molecule has 0 heterocycles. The molecule has 0 saturated heterocycles. The van der Waals surface area contributed by atoms with Crippen LogP contribution in [0.2, 0.25) is 0 Å². The minimum atomic E-state index is -0.0911. The number of halogens is 2. The number of rotatable bonds is 8. The van der Waals surface area contributed by atoms with Gasteiger partial charge in [0, 0.05) is 22.1 Å². The first-order valence-corrected chi connectivity index (χ1v) is 11.4. The van der Waals surface area contributed by atoms with Crippen LogP contribution < -0.4 is 17.7 Å². The van der Waals surface area contributed by atoms with Crippen LogP contribution in [-0.2, 0) is 6.42 Å². The van der Waals surface area contributed by atoms with E-state index in [-0.39, 0.29) is 18.3 Å². The second-order valence-corrected chi connectivity index (χ2v) is 9.29. The molecule has 1 saturated carbocycles. The number of hydrogen-bond donors (Lipinski definition) is 1. The van der Waals surface area contributed by atoms with E-state index in [1.54, 1.807) is 0 Å². The number of benzene rings is 2. The van der Waals surface area contributed by atoms with E-state index in [1.165, 1.54) is 37.7 Å². The maximum absolute atomic E-state index is 12.4. The number of hydrogen-bond acceptors (Lipinski definition) is 1. The molecule has 0 radical (unpaired) electrons. The van der Waals surface area contributed by atoms with E-state index >= 15 is 0 Å². The lowest BCUT2D eigenvalue weighted by Gasteiger charge is -2.43. The minimum Gasteiger partial charge on any atom is -1.00 e. The molecule has 0 bridgehead atoms. The fourth-order valence-corrected chi connectivity index (χ4v) is 4.79. The van der Waals surface area contributed by atoms with Crippen LogP contribution in [0.1, 0.15) is 48.0 Å². The highest BCUT2D eigenvalue weighted by molar-refractivity contribution is 9.10. The van der Waals surface area contributed by atoms with E-state index in [0.29, 0.717) is 5.56 Å². The zero-order chi connectivity index (χ0) is 20.7. The van der Waals surface area contributed by atoms with E-state index in [1.807, 2.05) is 36.4 Å². The largest absolute Gasteiger partial charge is 1.00 e. The summed E-state index contributed by atoms with van der Waals surface area (Å²) in [7, 11) is 2.39. The van der Waals surface area contributed by atoms with Crippen LogP contribution in [0.5, 0.6) is 0 Å². The standard InChI is InChI=1S/C25H31BrN2O.ClH/c1-3-17-28(2,24-10-5-4-6-11-24)18-16-20-12-14-23(15-13-20)27-25(29)21-8-7-9-22(26)19-21;/h3,7-9,12-15,19,24H,1,4-6,10-11,16-18H2,2H3;1H. The fraction of sp³-hybridized carbons (Fsp3) is 0.400. The molecule has 1 amide bonds. The third kappa shape index (κ3) is 6.69. The molecule has 1 aliphatic carbocycles. The van der Waals surface area contributed by atoms with Gasteiger partial charge >= 0.3 is 0 Å². The van der Waals surface area contributed by atoms with Gasteiger partial charge in [-0.15, -0.1) is 0 Å². The molecular formula is C25H32BrClN2O. The van der Waals surface area contributed by atoms with E-state index in [0.717, 1.165) is 40.2 Å². The number of carbonyl (C=O) groups excluding carboxylic acids is 1. The van der Waals surface area contributed by atoms with Crippen molar-refractivity contribution in [3.8, 4) is 0 Å². The van der Waals surface area contributed by atoms with Crippen molar-refractivity contribution >= 4 is 27.5 Å². The quantitative estimate of drug-likeness (QED) is 0.446. The van der Waals surface area contributed by atoms with Crippen molar-refractivity contribution in [2.45, 2.75) is 44.6 Å². The molecule has 0 aliphatic heterocycles. The van der Waals surface area contributed by atoms with Crippen molar-refractivity contribution in [3.63, 3.8) is 0 Å².